The van der Waals surface area contributed by atoms with E-state index in [1.54, 1.807) is 11.2 Å². The van der Waals surface area contributed by atoms with E-state index in [-0.39, 0.29) is 11.3 Å². The molecule has 0 atom stereocenters. The number of hydrogen-bond acceptors (Lipinski definition) is 5. The van der Waals surface area contributed by atoms with Gasteiger partial charge in [0.25, 0.3) is 5.78 Å². The van der Waals surface area contributed by atoms with Crippen LogP contribution in [-0.4, -0.2) is 34.2 Å². The monoisotopic (exact) mass is 234 g/mol. The summed E-state index contributed by atoms with van der Waals surface area (Å²) in [6.07, 6.45) is 6.48. The topological polar surface area (TPSA) is 86.7 Å². The highest BCUT2D eigenvalue weighted by atomic mass is 16.4. The Balaban J connectivity index is 2.31. The number of Topliss-reactive ketones (excluding diaryl/α,β-unsaturated/α-hetero) is 1. The lowest BCUT2D eigenvalue weighted by atomic mass is 10.0. The highest BCUT2D eigenvalue weighted by Crippen LogP contribution is 2.14. The zero-order valence-electron chi connectivity index (χ0n) is 8.84. The van der Waals surface area contributed by atoms with Gasteiger partial charge in [0, 0.05) is 12.7 Å². The van der Waals surface area contributed by atoms with Crippen LogP contribution in [0.25, 0.3) is 0 Å². The molecule has 0 radical (unpaired) electrons. The number of carboxylic acid groups (broad SMARTS) is 1. The molecule has 2 rings (SSSR count). The molecule has 1 aliphatic carbocycles. The van der Waals surface area contributed by atoms with Crippen LogP contribution in [0, 0.1) is 0 Å². The van der Waals surface area contributed by atoms with E-state index in [9.17, 15) is 14.4 Å². The van der Waals surface area contributed by atoms with Gasteiger partial charge in [-0.3, -0.25) is 20.0 Å². The Kier molecular flexibility index (Phi) is 2.78. The number of allylic oxidation sites excluding steroid dienone is 2. The minimum Gasteiger partial charge on any atom is -0.478 e. The molecular formula is C11H10N2O4. The smallest absolute Gasteiger partial charge is 0.338 e. The molecule has 88 valence electrons. The molecule has 0 amide bonds. The fourth-order valence-corrected chi connectivity index (χ4v) is 1.58. The minimum atomic E-state index is -1.24. The van der Waals surface area contributed by atoms with Crippen LogP contribution in [0.1, 0.15) is 6.42 Å². The van der Waals surface area contributed by atoms with Crippen LogP contribution in [0.4, 0.5) is 0 Å². The third-order valence-corrected chi connectivity index (χ3v) is 2.43. The van der Waals surface area contributed by atoms with Gasteiger partial charge < -0.3 is 5.11 Å². The molecule has 0 aromatic carbocycles. The maximum atomic E-state index is 11.6. The third kappa shape index (κ3) is 2.10. The zero-order valence-corrected chi connectivity index (χ0v) is 8.84. The Morgan fingerprint density at radius 2 is 2.12 bits per heavy atom. The van der Waals surface area contributed by atoms with E-state index in [4.69, 9.17) is 5.11 Å². The van der Waals surface area contributed by atoms with Crippen molar-refractivity contribution in [1.82, 2.24) is 10.4 Å². The molecule has 0 aromatic rings. The van der Waals surface area contributed by atoms with Crippen molar-refractivity contribution in [3.63, 3.8) is 0 Å². The highest BCUT2D eigenvalue weighted by molar-refractivity contribution is 6.49. The van der Waals surface area contributed by atoms with Gasteiger partial charge in [0.1, 0.15) is 5.70 Å². The number of carboxylic acids is 1. The summed E-state index contributed by atoms with van der Waals surface area (Å²) in [6.45, 7) is 0.627. The first-order chi connectivity index (χ1) is 8.09. The number of carbonyl (C=O) groups is 3. The average molecular weight is 234 g/mol. The second kappa shape index (κ2) is 4.25. The lowest BCUT2D eigenvalue weighted by molar-refractivity contribution is -0.134. The Morgan fingerprint density at radius 1 is 1.35 bits per heavy atom. The van der Waals surface area contributed by atoms with E-state index in [1.807, 2.05) is 6.08 Å². The van der Waals surface area contributed by atoms with Crippen LogP contribution in [-0.2, 0) is 14.4 Å². The van der Waals surface area contributed by atoms with E-state index in [0.717, 1.165) is 18.6 Å². The minimum absolute atomic E-state index is 0.184. The van der Waals surface area contributed by atoms with Crippen LogP contribution in [0.3, 0.4) is 0 Å². The molecule has 17 heavy (non-hydrogen) atoms. The number of rotatable bonds is 3. The number of hydrazine groups is 1. The van der Waals surface area contributed by atoms with E-state index >= 15 is 0 Å². The highest BCUT2D eigenvalue weighted by Gasteiger charge is 2.28. The van der Waals surface area contributed by atoms with Gasteiger partial charge in [-0.05, 0) is 18.6 Å². The van der Waals surface area contributed by atoms with Crippen LogP contribution in [0.2, 0.25) is 0 Å². The summed E-state index contributed by atoms with van der Waals surface area (Å²) >= 11 is 0. The standard InChI is InChI=1S/C11H10N2O4/c14-8-4-3-7(11(16)17)9(10(8)15)12-13-5-1-2-6-13/h1,3-5,12H,2,6H2,(H,16,17). The normalized spacial score (nSPS) is 19.2. The molecule has 0 unspecified atom stereocenters. The fraction of sp³-hybridized carbons (Fsp3) is 0.182. The predicted octanol–water partition coefficient (Wildman–Crippen LogP) is -0.243. The number of aliphatic carboxylic acids is 1. The second-order valence-corrected chi connectivity index (χ2v) is 3.60. The molecule has 1 heterocycles. The van der Waals surface area contributed by atoms with E-state index in [1.165, 1.54) is 0 Å². The van der Waals surface area contributed by atoms with Gasteiger partial charge in [0.15, 0.2) is 0 Å². The Bertz CT molecular complexity index is 488. The first-order valence-corrected chi connectivity index (χ1v) is 5.04. The molecule has 0 aromatic heterocycles. The maximum absolute atomic E-state index is 11.6. The van der Waals surface area contributed by atoms with Gasteiger partial charge in [-0.2, -0.15) is 0 Å². The first kappa shape index (κ1) is 11.1. The predicted molar refractivity (Wildman–Crippen MR) is 57.4 cm³/mol. The Hall–Kier alpha value is -2.37. The molecule has 0 fully saturated rings. The van der Waals surface area contributed by atoms with E-state index in [2.05, 4.69) is 5.43 Å². The molecule has 0 saturated carbocycles. The summed E-state index contributed by atoms with van der Waals surface area (Å²) in [4.78, 5) is 33.7. The summed E-state index contributed by atoms with van der Waals surface area (Å²) in [7, 11) is 0. The van der Waals surface area contributed by atoms with Crippen LogP contribution in [0.15, 0.2) is 35.7 Å². The van der Waals surface area contributed by atoms with E-state index < -0.39 is 17.5 Å². The average Bonchev–Trinajstić information content (AvgIpc) is 2.77. The summed E-state index contributed by atoms with van der Waals surface area (Å²) in [6, 6.07) is 0. The number of nitrogens with one attached hydrogen (secondary N) is 1. The van der Waals surface area contributed by atoms with Crippen molar-refractivity contribution in [2.24, 2.45) is 0 Å². The van der Waals surface area contributed by atoms with E-state index in [0.29, 0.717) is 6.54 Å². The molecule has 0 saturated heterocycles. The maximum Gasteiger partial charge on any atom is 0.338 e. The quantitative estimate of drug-likeness (QED) is 0.517. The van der Waals surface area contributed by atoms with Crippen molar-refractivity contribution in [1.29, 1.82) is 0 Å². The number of ketones is 2. The van der Waals surface area contributed by atoms with Crippen molar-refractivity contribution in [3.8, 4) is 0 Å². The number of hydrogen-bond donors (Lipinski definition) is 2. The van der Waals surface area contributed by atoms with Gasteiger partial charge >= 0.3 is 5.97 Å². The lowest BCUT2D eigenvalue weighted by Crippen LogP contribution is -2.39. The van der Waals surface area contributed by atoms with Crippen molar-refractivity contribution in [3.05, 3.63) is 35.7 Å². The second-order valence-electron chi connectivity index (χ2n) is 3.60. The molecule has 1 aliphatic heterocycles. The van der Waals surface area contributed by atoms with Gasteiger partial charge in [0.2, 0.25) is 5.78 Å². The van der Waals surface area contributed by atoms with Gasteiger partial charge in [-0.25, -0.2) is 4.79 Å². The number of nitrogens with zero attached hydrogens (tertiary/aromatic N) is 1. The molecule has 6 heteroatoms. The van der Waals surface area contributed by atoms with Crippen LogP contribution < -0.4 is 5.43 Å². The SMILES string of the molecule is O=C(O)C1=C(NN2C=CCC2)C(=O)C(=O)C=C1. The fourth-order valence-electron chi connectivity index (χ4n) is 1.58. The molecule has 2 aliphatic rings. The van der Waals surface area contributed by atoms with Gasteiger partial charge in [-0.1, -0.05) is 6.08 Å². The molecule has 0 bridgehead atoms. The van der Waals surface area contributed by atoms with Crippen LogP contribution >= 0.6 is 0 Å². The zero-order chi connectivity index (χ0) is 12.4. The van der Waals surface area contributed by atoms with Crippen molar-refractivity contribution >= 4 is 17.5 Å². The molecule has 0 spiro atoms. The third-order valence-electron chi connectivity index (χ3n) is 2.43. The van der Waals surface area contributed by atoms with Crippen molar-refractivity contribution in [2.75, 3.05) is 6.54 Å². The Labute approximate surface area is 96.9 Å². The molecule has 6 nitrogen and oxygen atoms in total. The van der Waals surface area contributed by atoms with Gasteiger partial charge in [0.05, 0.1) is 5.57 Å². The summed E-state index contributed by atoms with van der Waals surface area (Å²) in [5.74, 6) is -2.79. The van der Waals surface area contributed by atoms with Crippen LogP contribution in [0.5, 0.6) is 0 Å². The molecule has 2 N–H and O–H groups in total. The number of carbonyl (C=O) groups excluding carboxylic acids is 2. The lowest BCUT2D eigenvalue weighted by Gasteiger charge is -2.21. The summed E-state index contributed by atoms with van der Waals surface area (Å²) in [5.41, 5.74) is 2.27. The molecular weight excluding hydrogens is 224 g/mol. The Morgan fingerprint density at radius 3 is 2.71 bits per heavy atom. The van der Waals surface area contributed by atoms with Crippen molar-refractivity contribution in [2.45, 2.75) is 6.42 Å². The van der Waals surface area contributed by atoms with Gasteiger partial charge in [-0.15, -0.1) is 0 Å². The summed E-state index contributed by atoms with van der Waals surface area (Å²) in [5, 5.41) is 10.5. The van der Waals surface area contributed by atoms with Crippen molar-refractivity contribution < 1.29 is 19.5 Å². The largest absolute Gasteiger partial charge is 0.478 e. The summed E-state index contributed by atoms with van der Waals surface area (Å²) < 4.78 is 0. The first-order valence-electron chi connectivity index (χ1n) is 5.04.